The molecule has 2 aliphatic rings. The number of benzene rings is 2. The zero-order valence-corrected chi connectivity index (χ0v) is 20.4. The van der Waals surface area contributed by atoms with E-state index < -0.39 is 15.9 Å². The third-order valence-electron chi connectivity index (χ3n) is 6.90. The summed E-state index contributed by atoms with van der Waals surface area (Å²) < 4.78 is 36.5. The fraction of sp³-hybridized carbons (Fsp3) is 0.440. The minimum absolute atomic E-state index is 0.237. The summed E-state index contributed by atoms with van der Waals surface area (Å²) in [5.41, 5.74) is 1.51. The number of carbonyl (C=O) groups is 2. The Hall–Kier alpha value is -2.95. The molecular weight excluding hydrogens is 470 g/mol. The number of piperidine rings is 2. The van der Waals surface area contributed by atoms with Crippen LogP contribution in [0.1, 0.15) is 37.2 Å². The van der Waals surface area contributed by atoms with E-state index in [1.54, 1.807) is 6.26 Å². The lowest BCUT2D eigenvalue weighted by Gasteiger charge is -2.30. The van der Waals surface area contributed by atoms with Crippen molar-refractivity contribution in [3.05, 3.63) is 42.2 Å². The summed E-state index contributed by atoms with van der Waals surface area (Å²) in [6, 6.07) is 10.0. The van der Waals surface area contributed by atoms with Crippen molar-refractivity contribution >= 4 is 43.6 Å². The summed E-state index contributed by atoms with van der Waals surface area (Å²) in [6.45, 7) is 2.26. The standard InChI is InChI=1S/C25H29N3O6S/c1-35(31,32)28-11-8-17(9-12-28)26-10-13-33-18-3-4-19-16(14-18)2-6-22-24(19)21(15-34-22)20-5-7-23(29)27-25(20)30/h2-4,6,14-15,17,20,26H,5,7-13H2,1H3,(H,27,29,30)/t20-/m1/s1. The largest absolute Gasteiger partial charge is 0.492 e. The Bertz CT molecular complexity index is 1370. The van der Waals surface area contributed by atoms with Gasteiger partial charge in [-0.2, -0.15) is 0 Å². The molecule has 2 aliphatic heterocycles. The van der Waals surface area contributed by atoms with E-state index in [0.29, 0.717) is 44.7 Å². The van der Waals surface area contributed by atoms with Gasteiger partial charge in [0, 0.05) is 43.0 Å². The molecule has 9 nitrogen and oxygen atoms in total. The molecule has 2 N–H and O–H groups in total. The van der Waals surface area contributed by atoms with Crippen LogP contribution in [0.25, 0.3) is 21.7 Å². The van der Waals surface area contributed by atoms with Gasteiger partial charge in [-0.15, -0.1) is 0 Å². The number of imide groups is 1. The van der Waals surface area contributed by atoms with Crippen LogP contribution in [0.3, 0.4) is 0 Å². The number of nitrogens with zero attached hydrogens (tertiary/aromatic N) is 1. The van der Waals surface area contributed by atoms with E-state index in [-0.39, 0.29) is 17.9 Å². The molecule has 3 aromatic rings. The first-order valence-electron chi connectivity index (χ1n) is 11.9. The number of furan rings is 1. The molecule has 3 heterocycles. The summed E-state index contributed by atoms with van der Waals surface area (Å²) in [7, 11) is -3.11. The zero-order valence-electron chi connectivity index (χ0n) is 19.6. The molecule has 2 aromatic carbocycles. The lowest BCUT2D eigenvalue weighted by Crippen LogP contribution is -2.45. The maximum atomic E-state index is 12.4. The summed E-state index contributed by atoms with van der Waals surface area (Å²) in [5.74, 6) is -0.183. The molecule has 1 aromatic heterocycles. The van der Waals surface area contributed by atoms with Crippen LogP contribution in [0.2, 0.25) is 0 Å². The molecule has 0 radical (unpaired) electrons. The van der Waals surface area contributed by atoms with E-state index in [1.165, 1.54) is 10.6 Å². The van der Waals surface area contributed by atoms with E-state index in [1.807, 2.05) is 30.3 Å². The minimum Gasteiger partial charge on any atom is -0.492 e. The molecule has 0 bridgehead atoms. The molecule has 5 rings (SSSR count). The average molecular weight is 500 g/mol. The fourth-order valence-electron chi connectivity index (χ4n) is 5.03. The summed E-state index contributed by atoms with van der Waals surface area (Å²) in [6.07, 6.45) is 5.25. The maximum absolute atomic E-state index is 12.4. The first kappa shape index (κ1) is 23.8. The highest BCUT2D eigenvalue weighted by Gasteiger charge is 2.31. The van der Waals surface area contributed by atoms with Crippen molar-refractivity contribution in [3.8, 4) is 5.75 Å². The van der Waals surface area contributed by atoms with Crippen LogP contribution >= 0.6 is 0 Å². The smallest absolute Gasteiger partial charge is 0.234 e. The van der Waals surface area contributed by atoms with Crippen molar-refractivity contribution in [2.75, 3.05) is 32.5 Å². The Morgan fingerprint density at radius 3 is 2.69 bits per heavy atom. The van der Waals surface area contributed by atoms with Crippen LogP contribution in [-0.2, 0) is 19.6 Å². The van der Waals surface area contributed by atoms with Crippen molar-refractivity contribution in [1.29, 1.82) is 0 Å². The van der Waals surface area contributed by atoms with Gasteiger partial charge in [0.2, 0.25) is 21.8 Å². The Kier molecular flexibility index (Phi) is 6.52. The fourth-order valence-corrected chi connectivity index (χ4v) is 5.90. The number of sulfonamides is 1. The van der Waals surface area contributed by atoms with E-state index in [2.05, 4.69) is 10.6 Å². The topological polar surface area (TPSA) is 118 Å². The Morgan fingerprint density at radius 2 is 1.94 bits per heavy atom. The van der Waals surface area contributed by atoms with Gasteiger partial charge in [0.05, 0.1) is 18.4 Å². The van der Waals surface area contributed by atoms with Gasteiger partial charge in [0.25, 0.3) is 0 Å². The van der Waals surface area contributed by atoms with Crippen LogP contribution < -0.4 is 15.4 Å². The molecule has 0 unspecified atom stereocenters. The van der Waals surface area contributed by atoms with Crippen LogP contribution in [-0.4, -0.2) is 63.1 Å². The van der Waals surface area contributed by atoms with Crippen molar-refractivity contribution in [2.45, 2.75) is 37.6 Å². The van der Waals surface area contributed by atoms with Gasteiger partial charge in [-0.3, -0.25) is 14.9 Å². The van der Waals surface area contributed by atoms with Crippen molar-refractivity contribution in [1.82, 2.24) is 14.9 Å². The van der Waals surface area contributed by atoms with Gasteiger partial charge in [0.15, 0.2) is 0 Å². The summed E-state index contributed by atoms with van der Waals surface area (Å²) in [5, 5.41) is 8.72. The number of fused-ring (bicyclic) bond motifs is 3. The Morgan fingerprint density at radius 1 is 1.14 bits per heavy atom. The summed E-state index contributed by atoms with van der Waals surface area (Å²) >= 11 is 0. The van der Waals surface area contributed by atoms with Crippen LogP contribution in [0.4, 0.5) is 0 Å². The molecule has 2 saturated heterocycles. The molecular formula is C25H29N3O6S. The van der Waals surface area contributed by atoms with Gasteiger partial charge in [0.1, 0.15) is 17.9 Å². The summed E-state index contributed by atoms with van der Waals surface area (Å²) in [4.78, 5) is 24.0. The van der Waals surface area contributed by atoms with Crippen LogP contribution in [0.5, 0.6) is 5.75 Å². The third-order valence-corrected chi connectivity index (χ3v) is 8.20. The number of nitrogens with one attached hydrogen (secondary N) is 2. The van der Waals surface area contributed by atoms with Crippen molar-refractivity contribution in [3.63, 3.8) is 0 Å². The van der Waals surface area contributed by atoms with Gasteiger partial charge in [-0.05, 0) is 54.3 Å². The normalized spacial score (nSPS) is 20.4. The molecule has 2 amide bonds. The molecule has 0 saturated carbocycles. The second-order valence-electron chi connectivity index (χ2n) is 9.26. The SMILES string of the molecule is CS(=O)(=O)N1CCC(NCCOc2ccc3c(ccc4occ([C@H]5CCC(=O)NC5=O)c43)c2)CC1. The lowest BCUT2D eigenvalue weighted by molar-refractivity contribution is -0.134. The molecule has 10 heteroatoms. The quantitative estimate of drug-likeness (QED) is 0.379. The molecule has 2 fully saturated rings. The maximum Gasteiger partial charge on any atom is 0.234 e. The van der Waals surface area contributed by atoms with Crippen molar-refractivity contribution < 1.29 is 27.2 Å². The Balaban J connectivity index is 1.23. The van der Waals surface area contributed by atoms with Gasteiger partial charge < -0.3 is 14.5 Å². The monoisotopic (exact) mass is 499 g/mol. The number of carbonyl (C=O) groups excluding carboxylic acids is 2. The minimum atomic E-state index is -3.11. The molecule has 186 valence electrons. The van der Waals surface area contributed by atoms with Gasteiger partial charge in [-0.1, -0.05) is 6.07 Å². The van der Waals surface area contributed by atoms with Crippen molar-refractivity contribution in [2.24, 2.45) is 0 Å². The first-order valence-corrected chi connectivity index (χ1v) is 13.7. The van der Waals surface area contributed by atoms with Gasteiger partial charge >= 0.3 is 0 Å². The zero-order chi connectivity index (χ0) is 24.6. The predicted molar refractivity (Wildman–Crippen MR) is 132 cm³/mol. The second kappa shape index (κ2) is 9.60. The number of ether oxygens (including phenoxy) is 1. The number of hydrogen-bond acceptors (Lipinski definition) is 7. The van der Waals surface area contributed by atoms with Gasteiger partial charge in [-0.25, -0.2) is 12.7 Å². The molecule has 0 spiro atoms. The average Bonchev–Trinajstić information content (AvgIpc) is 3.26. The lowest BCUT2D eigenvalue weighted by atomic mass is 9.89. The highest BCUT2D eigenvalue weighted by Crippen LogP contribution is 2.37. The van der Waals surface area contributed by atoms with E-state index in [9.17, 15) is 18.0 Å². The third kappa shape index (κ3) is 5.05. The highest BCUT2D eigenvalue weighted by atomic mass is 32.2. The number of amides is 2. The number of hydrogen-bond donors (Lipinski definition) is 2. The first-order chi connectivity index (χ1) is 16.8. The second-order valence-corrected chi connectivity index (χ2v) is 11.2. The van der Waals surface area contributed by atoms with Crippen LogP contribution in [0, 0.1) is 0 Å². The highest BCUT2D eigenvalue weighted by molar-refractivity contribution is 7.88. The van der Waals surface area contributed by atoms with E-state index in [4.69, 9.17) is 9.15 Å². The number of rotatable bonds is 7. The molecule has 35 heavy (non-hydrogen) atoms. The Labute approximate surface area is 203 Å². The molecule has 1 atom stereocenters. The predicted octanol–water partition coefficient (Wildman–Crippen LogP) is 2.50. The van der Waals surface area contributed by atoms with E-state index in [0.717, 1.165) is 40.3 Å². The van der Waals surface area contributed by atoms with E-state index >= 15 is 0 Å². The van der Waals surface area contributed by atoms with Crippen LogP contribution in [0.15, 0.2) is 41.0 Å². The molecule has 0 aliphatic carbocycles.